The first-order valence-electron chi connectivity index (χ1n) is 9.41. The highest BCUT2D eigenvalue weighted by Gasteiger charge is 2.07. The number of aromatic nitrogens is 6. The van der Waals surface area contributed by atoms with Gasteiger partial charge in [0.25, 0.3) is 5.56 Å². The standard InChI is InChI=1S/C20H20N8O2/c1-14-8-11-28(26-14)18-7-6-17(24-25-18)21-9-10-22-19(29)12-27-13-23-16-5-3-2-4-15(16)20(27)30/h2-8,11,13H,9-10,12H2,1H3,(H,21,24)(H,22,29). The molecule has 0 unspecified atom stereocenters. The quantitative estimate of drug-likeness (QED) is 0.439. The molecule has 4 rings (SSSR count). The maximum Gasteiger partial charge on any atom is 0.261 e. The minimum absolute atomic E-state index is 0.0888. The molecule has 3 heterocycles. The van der Waals surface area contributed by atoms with Crippen LogP contribution in [0.5, 0.6) is 0 Å². The Bertz CT molecular complexity index is 1230. The first kappa shape index (κ1) is 19.2. The van der Waals surface area contributed by atoms with E-state index in [0.717, 1.165) is 5.69 Å². The molecule has 0 fully saturated rings. The predicted molar refractivity (Wildman–Crippen MR) is 111 cm³/mol. The molecular formula is C20H20N8O2. The number of anilines is 1. The molecule has 0 bridgehead atoms. The van der Waals surface area contributed by atoms with E-state index in [-0.39, 0.29) is 18.0 Å². The van der Waals surface area contributed by atoms with Crippen LogP contribution in [-0.2, 0) is 11.3 Å². The number of nitrogens with zero attached hydrogens (tertiary/aromatic N) is 6. The van der Waals surface area contributed by atoms with Gasteiger partial charge in [-0.1, -0.05) is 12.1 Å². The Labute approximate surface area is 171 Å². The molecule has 10 nitrogen and oxygen atoms in total. The summed E-state index contributed by atoms with van der Waals surface area (Å²) in [6, 6.07) is 12.5. The van der Waals surface area contributed by atoms with Crippen LogP contribution in [0.1, 0.15) is 5.69 Å². The molecule has 4 aromatic rings. The Morgan fingerprint density at radius 2 is 1.93 bits per heavy atom. The highest BCUT2D eigenvalue weighted by molar-refractivity contribution is 5.78. The van der Waals surface area contributed by atoms with Crippen molar-refractivity contribution in [1.82, 2.24) is 34.8 Å². The summed E-state index contributed by atoms with van der Waals surface area (Å²) in [6.07, 6.45) is 3.21. The summed E-state index contributed by atoms with van der Waals surface area (Å²) in [6.45, 7) is 2.65. The van der Waals surface area contributed by atoms with Crippen molar-refractivity contribution in [1.29, 1.82) is 0 Å². The van der Waals surface area contributed by atoms with Gasteiger partial charge in [-0.15, -0.1) is 10.2 Å². The second kappa shape index (κ2) is 8.52. The van der Waals surface area contributed by atoms with E-state index in [0.29, 0.717) is 35.6 Å². The summed E-state index contributed by atoms with van der Waals surface area (Å²) in [7, 11) is 0. The van der Waals surface area contributed by atoms with E-state index in [4.69, 9.17) is 0 Å². The lowest BCUT2D eigenvalue weighted by atomic mass is 10.2. The minimum atomic E-state index is -0.272. The van der Waals surface area contributed by atoms with Gasteiger partial charge in [0.1, 0.15) is 12.4 Å². The summed E-state index contributed by atoms with van der Waals surface area (Å²) < 4.78 is 2.95. The molecule has 1 amide bonds. The van der Waals surface area contributed by atoms with Gasteiger partial charge < -0.3 is 10.6 Å². The lowest BCUT2D eigenvalue weighted by molar-refractivity contribution is -0.121. The van der Waals surface area contributed by atoms with E-state index in [1.807, 2.05) is 25.3 Å². The molecule has 30 heavy (non-hydrogen) atoms. The number of hydrogen-bond donors (Lipinski definition) is 2. The minimum Gasteiger partial charge on any atom is -0.367 e. The van der Waals surface area contributed by atoms with Crippen LogP contribution in [0.4, 0.5) is 5.82 Å². The van der Waals surface area contributed by atoms with Crippen molar-refractivity contribution in [2.45, 2.75) is 13.5 Å². The van der Waals surface area contributed by atoms with E-state index in [1.165, 1.54) is 10.9 Å². The van der Waals surface area contributed by atoms with Crippen molar-refractivity contribution in [2.75, 3.05) is 18.4 Å². The normalized spacial score (nSPS) is 10.8. The van der Waals surface area contributed by atoms with Crippen LogP contribution in [0.2, 0.25) is 0 Å². The molecule has 0 radical (unpaired) electrons. The monoisotopic (exact) mass is 404 g/mol. The molecule has 0 saturated carbocycles. The number of aryl methyl sites for hydroxylation is 1. The van der Waals surface area contributed by atoms with Gasteiger partial charge in [0.15, 0.2) is 5.82 Å². The van der Waals surface area contributed by atoms with E-state index in [9.17, 15) is 9.59 Å². The number of carbonyl (C=O) groups is 1. The molecule has 0 spiro atoms. The van der Waals surface area contributed by atoms with Gasteiger partial charge in [-0.25, -0.2) is 9.67 Å². The average Bonchev–Trinajstić information content (AvgIpc) is 3.20. The zero-order chi connectivity index (χ0) is 20.9. The summed E-state index contributed by atoms with van der Waals surface area (Å²) in [5, 5.41) is 18.8. The average molecular weight is 404 g/mol. The van der Waals surface area contributed by atoms with Gasteiger partial charge in [0.05, 0.1) is 22.9 Å². The lowest BCUT2D eigenvalue weighted by Crippen LogP contribution is -2.35. The van der Waals surface area contributed by atoms with Gasteiger partial charge in [-0.05, 0) is 37.3 Å². The fourth-order valence-corrected chi connectivity index (χ4v) is 2.91. The summed E-state index contributed by atoms with van der Waals surface area (Å²) in [4.78, 5) is 28.8. The van der Waals surface area contributed by atoms with Crippen molar-refractivity contribution in [3.05, 3.63) is 71.0 Å². The van der Waals surface area contributed by atoms with Crippen molar-refractivity contribution in [3.63, 3.8) is 0 Å². The second-order valence-electron chi connectivity index (χ2n) is 6.65. The third-order valence-corrected chi connectivity index (χ3v) is 4.41. The molecule has 0 aliphatic heterocycles. The van der Waals surface area contributed by atoms with Gasteiger partial charge >= 0.3 is 0 Å². The van der Waals surface area contributed by atoms with Crippen molar-refractivity contribution < 1.29 is 4.79 Å². The maximum atomic E-state index is 12.4. The fraction of sp³-hybridized carbons (Fsp3) is 0.200. The highest BCUT2D eigenvalue weighted by atomic mass is 16.2. The van der Waals surface area contributed by atoms with Crippen LogP contribution < -0.4 is 16.2 Å². The summed E-state index contributed by atoms with van der Waals surface area (Å²) in [5.74, 6) is 0.940. The van der Waals surface area contributed by atoms with E-state index >= 15 is 0 Å². The SMILES string of the molecule is Cc1ccn(-c2ccc(NCCNC(=O)Cn3cnc4ccccc4c3=O)nn2)n1. The van der Waals surface area contributed by atoms with Crippen LogP contribution in [0.25, 0.3) is 16.7 Å². The molecule has 1 aromatic carbocycles. The number of nitrogens with one attached hydrogen (secondary N) is 2. The van der Waals surface area contributed by atoms with Crippen LogP contribution in [0.15, 0.2) is 59.8 Å². The van der Waals surface area contributed by atoms with E-state index in [1.54, 1.807) is 35.0 Å². The smallest absolute Gasteiger partial charge is 0.261 e. The summed E-state index contributed by atoms with van der Waals surface area (Å²) in [5.41, 5.74) is 1.27. The predicted octanol–water partition coefficient (Wildman–Crippen LogP) is 0.909. The number of rotatable bonds is 7. The van der Waals surface area contributed by atoms with Crippen molar-refractivity contribution in [3.8, 4) is 5.82 Å². The third kappa shape index (κ3) is 4.32. The van der Waals surface area contributed by atoms with E-state index in [2.05, 4.69) is 30.9 Å². The Hall–Kier alpha value is -4.08. The van der Waals surface area contributed by atoms with E-state index < -0.39 is 0 Å². The zero-order valence-electron chi connectivity index (χ0n) is 16.3. The molecule has 152 valence electrons. The zero-order valence-corrected chi connectivity index (χ0v) is 16.3. The number of carbonyl (C=O) groups excluding carboxylic acids is 1. The molecule has 0 aliphatic carbocycles. The number of hydrogen-bond acceptors (Lipinski definition) is 7. The van der Waals surface area contributed by atoms with Crippen molar-refractivity contribution in [2.24, 2.45) is 0 Å². The second-order valence-corrected chi connectivity index (χ2v) is 6.65. The van der Waals surface area contributed by atoms with Gasteiger partial charge in [-0.3, -0.25) is 14.2 Å². The fourth-order valence-electron chi connectivity index (χ4n) is 2.91. The number of amides is 1. The Morgan fingerprint density at radius 3 is 2.70 bits per heavy atom. The van der Waals surface area contributed by atoms with Crippen LogP contribution >= 0.6 is 0 Å². The lowest BCUT2D eigenvalue weighted by Gasteiger charge is -2.09. The number of benzene rings is 1. The topological polar surface area (TPSA) is 120 Å². The highest BCUT2D eigenvalue weighted by Crippen LogP contribution is 2.06. The molecular weight excluding hydrogens is 384 g/mol. The third-order valence-electron chi connectivity index (χ3n) is 4.41. The first-order chi connectivity index (χ1) is 14.6. The molecule has 2 N–H and O–H groups in total. The Kier molecular flexibility index (Phi) is 5.46. The van der Waals surface area contributed by atoms with Gasteiger partial charge in [-0.2, -0.15) is 5.10 Å². The molecule has 0 aliphatic rings. The van der Waals surface area contributed by atoms with Gasteiger partial charge in [0.2, 0.25) is 5.91 Å². The van der Waals surface area contributed by atoms with Crippen molar-refractivity contribution >= 4 is 22.6 Å². The Morgan fingerprint density at radius 1 is 1.07 bits per heavy atom. The molecule has 10 heteroatoms. The molecule has 0 saturated heterocycles. The van der Waals surface area contributed by atoms with Crippen LogP contribution in [-0.4, -0.2) is 48.5 Å². The van der Waals surface area contributed by atoms with Gasteiger partial charge in [0, 0.05) is 19.3 Å². The largest absolute Gasteiger partial charge is 0.367 e. The van der Waals surface area contributed by atoms with Crippen LogP contribution in [0, 0.1) is 6.92 Å². The maximum absolute atomic E-state index is 12.4. The molecule has 3 aromatic heterocycles. The Balaban J connectivity index is 1.26. The number of para-hydroxylation sites is 1. The summed E-state index contributed by atoms with van der Waals surface area (Å²) >= 11 is 0. The number of fused-ring (bicyclic) bond motifs is 1. The van der Waals surface area contributed by atoms with Crippen LogP contribution in [0.3, 0.4) is 0 Å². The first-order valence-corrected chi connectivity index (χ1v) is 9.41. The molecule has 0 atom stereocenters.